The van der Waals surface area contributed by atoms with E-state index in [2.05, 4.69) is 5.32 Å². The Morgan fingerprint density at radius 3 is 2.58 bits per heavy atom. The summed E-state index contributed by atoms with van der Waals surface area (Å²) < 4.78 is 44.1. The Kier molecular flexibility index (Phi) is 6.51. The number of anilines is 2. The van der Waals surface area contributed by atoms with E-state index in [4.69, 9.17) is 16.3 Å². The predicted molar refractivity (Wildman–Crippen MR) is 111 cm³/mol. The number of nitrogens with one attached hydrogen (secondary N) is 1. The van der Waals surface area contributed by atoms with Gasteiger partial charge in [-0.3, -0.25) is 14.5 Å². The van der Waals surface area contributed by atoms with Crippen molar-refractivity contribution < 1.29 is 32.3 Å². The van der Waals surface area contributed by atoms with Gasteiger partial charge in [0, 0.05) is 4.90 Å². The Labute approximate surface area is 184 Å². The number of hydrogen-bond donors (Lipinski definition) is 1. The highest BCUT2D eigenvalue weighted by Crippen LogP contribution is 2.37. The van der Waals surface area contributed by atoms with Crippen LogP contribution in [-0.4, -0.2) is 36.7 Å². The SMILES string of the molecule is CSc1ccc(Cl)c(C(=O)OC(C)C(=O)N2CC(=O)Nc3cc(C(F)(F)F)ccc32)c1. The molecule has 0 saturated carbocycles. The molecule has 1 unspecified atom stereocenters. The van der Waals surface area contributed by atoms with Crippen LogP contribution in [0.2, 0.25) is 5.02 Å². The monoisotopic (exact) mass is 472 g/mol. The number of carbonyl (C=O) groups excluding carboxylic acids is 3. The minimum Gasteiger partial charge on any atom is -0.449 e. The third-order valence-corrected chi connectivity index (χ3v) is 5.54. The molecule has 2 aromatic carbocycles. The van der Waals surface area contributed by atoms with Gasteiger partial charge in [-0.05, 0) is 49.6 Å². The van der Waals surface area contributed by atoms with Crippen molar-refractivity contribution in [1.82, 2.24) is 0 Å². The molecule has 2 aromatic rings. The van der Waals surface area contributed by atoms with Crippen LogP contribution < -0.4 is 10.2 Å². The van der Waals surface area contributed by atoms with Crippen LogP contribution in [0.25, 0.3) is 0 Å². The average molecular weight is 473 g/mol. The molecule has 0 fully saturated rings. The zero-order chi connectivity index (χ0) is 22.9. The summed E-state index contributed by atoms with van der Waals surface area (Å²) >= 11 is 7.43. The van der Waals surface area contributed by atoms with E-state index < -0.39 is 42.2 Å². The molecule has 164 valence electrons. The molecular weight excluding hydrogens is 457 g/mol. The number of halogens is 4. The zero-order valence-corrected chi connectivity index (χ0v) is 17.8. The number of nitrogens with zero attached hydrogens (tertiary/aromatic N) is 1. The fourth-order valence-electron chi connectivity index (χ4n) is 2.94. The lowest BCUT2D eigenvalue weighted by molar-refractivity contribution is -0.137. The highest BCUT2D eigenvalue weighted by atomic mass is 35.5. The number of thioether (sulfide) groups is 1. The largest absolute Gasteiger partial charge is 0.449 e. The topological polar surface area (TPSA) is 75.7 Å². The van der Waals surface area contributed by atoms with Crippen LogP contribution in [-0.2, 0) is 20.5 Å². The maximum absolute atomic E-state index is 13.0. The van der Waals surface area contributed by atoms with E-state index in [9.17, 15) is 27.6 Å². The summed E-state index contributed by atoms with van der Waals surface area (Å²) in [6.07, 6.45) is -4.12. The molecule has 0 bridgehead atoms. The standard InChI is InChI=1S/C20H16ClF3N2O4S/c1-10(30-19(29)13-8-12(31-2)4-5-14(13)21)18(28)26-9-17(27)25-15-7-11(20(22,23)24)3-6-16(15)26/h3-8,10H,9H2,1-2H3,(H,25,27). The molecule has 31 heavy (non-hydrogen) atoms. The summed E-state index contributed by atoms with van der Waals surface area (Å²) in [6.45, 7) is 0.880. The van der Waals surface area contributed by atoms with Crippen molar-refractivity contribution in [2.45, 2.75) is 24.1 Å². The first-order chi connectivity index (χ1) is 14.5. The molecule has 1 atom stereocenters. The van der Waals surface area contributed by atoms with E-state index >= 15 is 0 Å². The number of amides is 2. The Morgan fingerprint density at radius 2 is 1.94 bits per heavy atom. The second-order valence-corrected chi connectivity index (χ2v) is 7.88. The summed E-state index contributed by atoms with van der Waals surface area (Å²) in [5, 5.41) is 2.47. The van der Waals surface area contributed by atoms with Gasteiger partial charge in [-0.15, -0.1) is 11.8 Å². The summed E-state index contributed by atoms with van der Waals surface area (Å²) in [4.78, 5) is 39.1. The van der Waals surface area contributed by atoms with Crippen molar-refractivity contribution in [3.8, 4) is 0 Å². The zero-order valence-electron chi connectivity index (χ0n) is 16.2. The fraction of sp³-hybridized carbons (Fsp3) is 0.250. The van der Waals surface area contributed by atoms with Crippen LogP contribution >= 0.6 is 23.4 Å². The predicted octanol–water partition coefficient (Wildman–Crippen LogP) is 4.61. The van der Waals surface area contributed by atoms with Gasteiger partial charge in [0.25, 0.3) is 5.91 Å². The highest BCUT2D eigenvalue weighted by Gasteiger charge is 2.35. The Morgan fingerprint density at radius 1 is 1.23 bits per heavy atom. The van der Waals surface area contributed by atoms with Crippen molar-refractivity contribution in [2.75, 3.05) is 23.0 Å². The van der Waals surface area contributed by atoms with Crippen LogP contribution in [0.3, 0.4) is 0 Å². The van der Waals surface area contributed by atoms with Crippen molar-refractivity contribution in [3.63, 3.8) is 0 Å². The maximum atomic E-state index is 13.0. The first-order valence-electron chi connectivity index (χ1n) is 8.88. The number of hydrogen-bond acceptors (Lipinski definition) is 5. The highest BCUT2D eigenvalue weighted by molar-refractivity contribution is 7.98. The van der Waals surface area contributed by atoms with Crippen LogP contribution in [0.1, 0.15) is 22.8 Å². The first kappa shape index (κ1) is 23.0. The van der Waals surface area contributed by atoms with Gasteiger partial charge < -0.3 is 10.1 Å². The number of ether oxygens (including phenoxy) is 1. The van der Waals surface area contributed by atoms with Gasteiger partial charge in [0.2, 0.25) is 5.91 Å². The quantitative estimate of drug-likeness (QED) is 0.519. The van der Waals surface area contributed by atoms with Crippen molar-refractivity contribution in [3.05, 3.63) is 52.5 Å². The van der Waals surface area contributed by atoms with Gasteiger partial charge in [-0.25, -0.2) is 4.79 Å². The Hall–Kier alpha value is -2.72. The molecule has 3 rings (SSSR count). The fourth-order valence-corrected chi connectivity index (χ4v) is 3.58. The van der Waals surface area contributed by atoms with Gasteiger partial charge in [0.05, 0.1) is 27.5 Å². The normalized spacial score (nSPS) is 14.5. The minimum atomic E-state index is -4.61. The lowest BCUT2D eigenvalue weighted by atomic mass is 10.1. The molecule has 11 heteroatoms. The van der Waals surface area contributed by atoms with Crippen LogP contribution in [0.5, 0.6) is 0 Å². The van der Waals surface area contributed by atoms with Crippen molar-refractivity contribution in [2.24, 2.45) is 0 Å². The number of esters is 1. The molecule has 1 aliphatic rings. The van der Waals surface area contributed by atoms with Gasteiger partial charge in [0.1, 0.15) is 6.54 Å². The number of carbonyl (C=O) groups is 3. The van der Waals surface area contributed by atoms with E-state index in [0.29, 0.717) is 0 Å². The third-order valence-electron chi connectivity index (χ3n) is 4.48. The van der Waals surface area contributed by atoms with Gasteiger partial charge in [-0.1, -0.05) is 11.6 Å². The number of benzene rings is 2. The molecule has 0 aliphatic carbocycles. The molecule has 0 radical (unpaired) electrons. The summed E-state index contributed by atoms with van der Waals surface area (Å²) in [5.74, 6) is -2.27. The third kappa shape index (κ3) is 4.96. The molecule has 0 saturated heterocycles. The molecule has 1 heterocycles. The number of alkyl halides is 3. The summed E-state index contributed by atoms with van der Waals surface area (Å²) in [6, 6.07) is 7.41. The summed E-state index contributed by atoms with van der Waals surface area (Å²) in [7, 11) is 0. The van der Waals surface area contributed by atoms with Crippen LogP contribution in [0, 0.1) is 0 Å². The first-order valence-corrected chi connectivity index (χ1v) is 10.5. The molecular formula is C20H16ClF3N2O4S. The number of fused-ring (bicyclic) bond motifs is 1. The van der Waals surface area contributed by atoms with Crippen LogP contribution in [0.4, 0.5) is 24.5 Å². The molecule has 0 spiro atoms. The number of rotatable bonds is 4. The van der Waals surface area contributed by atoms with E-state index in [1.165, 1.54) is 30.8 Å². The minimum absolute atomic E-state index is 0.0692. The molecule has 1 N–H and O–H groups in total. The maximum Gasteiger partial charge on any atom is 0.416 e. The van der Waals surface area contributed by atoms with Gasteiger partial charge in [0.15, 0.2) is 6.10 Å². The molecule has 1 aliphatic heterocycles. The van der Waals surface area contributed by atoms with Gasteiger partial charge in [-0.2, -0.15) is 13.2 Å². The van der Waals surface area contributed by atoms with Crippen molar-refractivity contribution in [1.29, 1.82) is 0 Å². The Balaban J connectivity index is 1.83. The lowest BCUT2D eigenvalue weighted by Gasteiger charge is -2.31. The lowest BCUT2D eigenvalue weighted by Crippen LogP contribution is -2.47. The second-order valence-electron chi connectivity index (χ2n) is 6.60. The Bertz CT molecular complexity index is 1060. The van der Waals surface area contributed by atoms with Crippen molar-refractivity contribution >= 4 is 52.5 Å². The van der Waals surface area contributed by atoms with Gasteiger partial charge >= 0.3 is 12.1 Å². The molecule has 6 nitrogen and oxygen atoms in total. The summed E-state index contributed by atoms with van der Waals surface area (Å²) in [5.41, 5.74) is -0.986. The van der Waals surface area contributed by atoms with E-state index in [1.54, 1.807) is 6.07 Å². The van der Waals surface area contributed by atoms with E-state index in [-0.39, 0.29) is 22.0 Å². The van der Waals surface area contributed by atoms with E-state index in [1.807, 2.05) is 6.26 Å². The molecule has 2 amide bonds. The van der Waals surface area contributed by atoms with Crippen LogP contribution in [0.15, 0.2) is 41.3 Å². The smallest absolute Gasteiger partial charge is 0.416 e. The molecule has 0 aromatic heterocycles. The second kappa shape index (κ2) is 8.80. The van der Waals surface area contributed by atoms with E-state index in [0.717, 1.165) is 28.0 Å². The average Bonchev–Trinajstić information content (AvgIpc) is 2.71.